The highest BCUT2D eigenvalue weighted by Crippen LogP contribution is 2.45. The van der Waals surface area contributed by atoms with Crippen molar-refractivity contribution in [2.75, 3.05) is 6.54 Å². The number of carbonyl (C=O) groups is 2. The smallest absolute Gasteiger partial charge is 0.273 e. The minimum absolute atomic E-state index is 0.0557. The molecule has 8 nitrogen and oxygen atoms in total. The van der Waals surface area contributed by atoms with E-state index >= 15 is 0 Å². The van der Waals surface area contributed by atoms with Gasteiger partial charge in [-0.05, 0) is 26.3 Å². The predicted molar refractivity (Wildman–Crippen MR) is 92.4 cm³/mol. The minimum atomic E-state index is -4.15. The number of nitrogens with one attached hydrogen (secondary N) is 1. The van der Waals surface area contributed by atoms with Crippen LogP contribution in [0.2, 0.25) is 0 Å². The molecule has 2 rings (SSSR count). The van der Waals surface area contributed by atoms with E-state index in [0.29, 0.717) is 23.4 Å². The fourth-order valence-electron chi connectivity index (χ4n) is 2.90. The van der Waals surface area contributed by atoms with Crippen molar-refractivity contribution >= 4 is 43.0 Å². The molecule has 1 aliphatic rings. The number of thiophene rings is 1. The van der Waals surface area contributed by atoms with E-state index < -0.39 is 37.1 Å². The molecule has 0 radical (unpaired) electrons. The van der Waals surface area contributed by atoms with Crippen LogP contribution < -0.4 is 4.72 Å². The van der Waals surface area contributed by atoms with Gasteiger partial charge in [-0.15, -0.1) is 11.3 Å². The molecule has 25 heavy (non-hydrogen) atoms. The Morgan fingerprint density at radius 2 is 1.96 bits per heavy atom. The van der Waals surface area contributed by atoms with Gasteiger partial charge in [-0.2, -0.15) is 0 Å². The van der Waals surface area contributed by atoms with Gasteiger partial charge in [0.25, 0.3) is 10.0 Å². The maximum atomic E-state index is 12.6. The zero-order valence-corrected chi connectivity index (χ0v) is 16.7. The van der Waals surface area contributed by atoms with Crippen LogP contribution in [0.4, 0.5) is 0 Å². The average Bonchev–Trinajstić information content (AvgIpc) is 2.90. The summed E-state index contributed by atoms with van der Waals surface area (Å²) in [7, 11) is -7.83. The lowest BCUT2D eigenvalue weighted by molar-refractivity contribution is -0.131. The Kier molecular flexibility index (Phi) is 5.31. The van der Waals surface area contributed by atoms with Crippen molar-refractivity contribution in [2.45, 2.75) is 53.8 Å². The quantitative estimate of drug-likeness (QED) is 0.796. The third-order valence-electron chi connectivity index (χ3n) is 4.07. The molecule has 0 fully saturated rings. The highest BCUT2D eigenvalue weighted by atomic mass is 32.3. The molecule has 0 aromatic carbocycles. The summed E-state index contributed by atoms with van der Waals surface area (Å²) < 4.78 is 51.2. The topological polar surface area (TPSA) is 118 Å². The number of hydrogen-bond acceptors (Lipinski definition) is 7. The van der Waals surface area contributed by atoms with Crippen LogP contribution in [-0.2, 0) is 29.4 Å². The Morgan fingerprint density at radius 3 is 2.44 bits per heavy atom. The van der Waals surface area contributed by atoms with Gasteiger partial charge < -0.3 is 4.90 Å². The molecular weight excluding hydrogens is 388 g/mol. The zero-order valence-electron chi connectivity index (χ0n) is 14.3. The van der Waals surface area contributed by atoms with Crippen molar-refractivity contribution in [3.8, 4) is 0 Å². The molecule has 1 aromatic rings. The summed E-state index contributed by atoms with van der Waals surface area (Å²) in [6.07, 6.45) is 0.194. The van der Waals surface area contributed by atoms with Crippen LogP contribution in [0.15, 0.2) is 14.5 Å². The number of fused-ring (bicyclic) bond motifs is 1. The number of sulfonamides is 1. The number of rotatable bonds is 4. The van der Waals surface area contributed by atoms with Gasteiger partial charge in [-0.3, -0.25) is 9.59 Å². The van der Waals surface area contributed by atoms with Crippen LogP contribution in [0.25, 0.3) is 0 Å². The molecule has 11 heteroatoms. The largest absolute Gasteiger partial charge is 0.336 e. The van der Waals surface area contributed by atoms with E-state index in [-0.39, 0.29) is 20.7 Å². The normalized spacial score (nSPS) is 22.1. The van der Waals surface area contributed by atoms with Crippen LogP contribution in [0.3, 0.4) is 0 Å². The van der Waals surface area contributed by atoms with Gasteiger partial charge >= 0.3 is 0 Å². The molecule has 0 unspecified atom stereocenters. The second kappa shape index (κ2) is 6.69. The highest BCUT2D eigenvalue weighted by Gasteiger charge is 2.42. The van der Waals surface area contributed by atoms with Crippen LogP contribution in [0.1, 0.15) is 45.7 Å². The van der Waals surface area contributed by atoms with Crippen molar-refractivity contribution in [3.05, 3.63) is 11.6 Å². The summed E-state index contributed by atoms with van der Waals surface area (Å²) in [5.74, 6) is -0.986. The summed E-state index contributed by atoms with van der Waals surface area (Å²) in [5, 5.41) is -0.742. The number of carbonyl (C=O) groups excluding carboxylic acids is 2. The highest BCUT2D eigenvalue weighted by molar-refractivity contribution is 7.95. The standard InChI is InChI=1S/C14H20N2O6S3/c1-5-16(10(4)18)12-6-8(2)24(19,20)14-11(12)7-13(23-14)25(21,22)15-9(3)17/h7-8,12H,5-6H2,1-4H3,(H,15,17)/t8-,12-/m0/s1. The van der Waals surface area contributed by atoms with Crippen molar-refractivity contribution in [3.63, 3.8) is 0 Å². The predicted octanol–water partition coefficient (Wildman–Crippen LogP) is 1.05. The molecule has 140 valence electrons. The van der Waals surface area contributed by atoms with Crippen LogP contribution >= 0.6 is 11.3 Å². The summed E-state index contributed by atoms with van der Waals surface area (Å²) in [4.78, 5) is 24.5. The van der Waals surface area contributed by atoms with Crippen molar-refractivity contribution in [2.24, 2.45) is 0 Å². The zero-order chi connectivity index (χ0) is 19.2. The van der Waals surface area contributed by atoms with Gasteiger partial charge in [0.2, 0.25) is 11.8 Å². The summed E-state index contributed by atoms with van der Waals surface area (Å²) in [5.41, 5.74) is 0.295. The van der Waals surface area contributed by atoms with Crippen molar-refractivity contribution in [1.29, 1.82) is 0 Å². The molecule has 0 saturated heterocycles. The molecule has 2 atom stereocenters. The van der Waals surface area contributed by atoms with E-state index in [1.807, 2.05) is 4.72 Å². The van der Waals surface area contributed by atoms with E-state index in [1.54, 1.807) is 13.8 Å². The Hall–Kier alpha value is -1.46. The fourth-order valence-corrected chi connectivity index (χ4v) is 7.87. The van der Waals surface area contributed by atoms with E-state index in [2.05, 4.69) is 0 Å². The first kappa shape index (κ1) is 19.9. The molecule has 0 bridgehead atoms. The van der Waals surface area contributed by atoms with E-state index in [4.69, 9.17) is 0 Å². The van der Waals surface area contributed by atoms with Gasteiger partial charge in [0.1, 0.15) is 8.42 Å². The van der Waals surface area contributed by atoms with Gasteiger partial charge in [0, 0.05) is 26.0 Å². The number of nitrogens with zero attached hydrogens (tertiary/aromatic N) is 1. The van der Waals surface area contributed by atoms with Crippen LogP contribution in [0, 0.1) is 0 Å². The van der Waals surface area contributed by atoms with Crippen molar-refractivity contribution < 1.29 is 26.4 Å². The first-order chi connectivity index (χ1) is 11.4. The molecular formula is C14H20N2O6S3. The summed E-state index contributed by atoms with van der Waals surface area (Å²) in [6.45, 7) is 6.13. The van der Waals surface area contributed by atoms with E-state index in [9.17, 15) is 26.4 Å². The maximum Gasteiger partial charge on any atom is 0.273 e. The Morgan fingerprint density at radius 1 is 1.36 bits per heavy atom. The second-order valence-corrected chi connectivity index (χ2v) is 11.4. The maximum absolute atomic E-state index is 12.6. The molecule has 1 aliphatic heterocycles. The molecule has 0 saturated carbocycles. The Bertz CT molecular complexity index is 916. The second-order valence-electron chi connectivity index (χ2n) is 5.88. The van der Waals surface area contributed by atoms with Gasteiger partial charge in [-0.1, -0.05) is 0 Å². The summed E-state index contributed by atoms with van der Waals surface area (Å²) in [6, 6.07) is 0.735. The van der Waals surface area contributed by atoms with E-state index in [1.165, 1.54) is 17.9 Å². The average molecular weight is 409 g/mol. The fraction of sp³-hybridized carbons (Fsp3) is 0.571. The Balaban J connectivity index is 2.66. The minimum Gasteiger partial charge on any atom is -0.336 e. The molecule has 0 aliphatic carbocycles. The van der Waals surface area contributed by atoms with Gasteiger partial charge in [0.15, 0.2) is 9.84 Å². The first-order valence-electron chi connectivity index (χ1n) is 7.60. The number of amides is 2. The molecule has 1 N–H and O–H groups in total. The van der Waals surface area contributed by atoms with Gasteiger partial charge in [-0.25, -0.2) is 21.6 Å². The molecule has 1 aromatic heterocycles. The lowest BCUT2D eigenvalue weighted by Gasteiger charge is -2.35. The molecule has 0 spiro atoms. The monoisotopic (exact) mass is 408 g/mol. The Labute approximate surface area is 151 Å². The first-order valence-corrected chi connectivity index (χ1v) is 11.4. The van der Waals surface area contributed by atoms with E-state index in [0.717, 1.165) is 6.92 Å². The SMILES string of the molecule is CCN(C(C)=O)[C@H]1C[C@H](C)S(=O)(=O)c2sc(S(=O)(=O)NC(C)=O)cc21. The summed E-state index contributed by atoms with van der Waals surface area (Å²) >= 11 is 0.610. The third-order valence-corrected chi connectivity index (χ3v) is 9.87. The van der Waals surface area contributed by atoms with Crippen LogP contribution in [-0.4, -0.2) is 45.3 Å². The lowest BCUT2D eigenvalue weighted by Crippen LogP contribution is -2.39. The van der Waals surface area contributed by atoms with Crippen LogP contribution in [0.5, 0.6) is 0 Å². The number of sulfone groups is 1. The van der Waals surface area contributed by atoms with Gasteiger partial charge in [0.05, 0.1) is 11.3 Å². The molecule has 2 amide bonds. The van der Waals surface area contributed by atoms with Crippen molar-refractivity contribution in [1.82, 2.24) is 9.62 Å². The third kappa shape index (κ3) is 3.58. The number of hydrogen-bond donors (Lipinski definition) is 1. The lowest BCUT2D eigenvalue weighted by atomic mass is 10.0. The molecule has 2 heterocycles.